The number of rotatable bonds is 11. The standard InChI is InChI=1S/C24H32ClN3O5S/c1-6-33-22-13-8-7-12-21(22)28(34(5,31)32)16-23(29)27(18(4)24(30)26-17(2)3)15-19-10-9-11-20(25)14-19/h7-14,17-18H,6,15-16H2,1-5H3,(H,26,30)/t18-/m1/s1. The van der Waals surface area contributed by atoms with Crippen LogP contribution in [0.4, 0.5) is 5.69 Å². The zero-order chi connectivity index (χ0) is 25.5. The van der Waals surface area contributed by atoms with Gasteiger partial charge in [-0.25, -0.2) is 8.42 Å². The Labute approximate surface area is 206 Å². The highest BCUT2D eigenvalue weighted by atomic mass is 35.5. The van der Waals surface area contributed by atoms with Crippen molar-refractivity contribution in [2.24, 2.45) is 0 Å². The number of hydrogen-bond donors (Lipinski definition) is 1. The molecule has 1 N–H and O–H groups in total. The molecular formula is C24H32ClN3O5S. The van der Waals surface area contributed by atoms with Gasteiger partial charge in [0, 0.05) is 17.6 Å². The van der Waals surface area contributed by atoms with Crippen molar-refractivity contribution in [3.05, 3.63) is 59.1 Å². The highest BCUT2D eigenvalue weighted by molar-refractivity contribution is 7.92. The molecule has 8 nitrogen and oxygen atoms in total. The van der Waals surface area contributed by atoms with Crippen LogP contribution in [0.3, 0.4) is 0 Å². The van der Waals surface area contributed by atoms with Crippen LogP contribution in [-0.4, -0.2) is 56.6 Å². The Hall–Kier alpha value is -2.78. The maximum absolute atomic E-state index is 13.5. The molecule has 2 rings (SSSR count). The lowest BCUT2D eigenvalue weighted by Gasteiger charge is -2.32. The number of anilines is 1. The Kier molecular flexibility index (Phi) is 9.76. The van der Waals surface area contributed by atoms with Crippen LogP contribution in [0.5, 0.6) is 5.75 Å². The zero-order valence-corrected chi connectivity index (χ0v) is 21.7. The number of halogens is 1. The molecule has 0 saturated heterocycles. The first-order valence-corrected chi connectivity index (χ1v) is 13.2. The van der Waals surface area contributed by atoms with Gasteiger partial charge in [0.25, 0.3) is 0 Å². The van der Waals surface area contributed by atoms with Gasteiger partial charge >= 0.3 is 0 Å². The van der Waals surface area contributed by atoms with Crippen LogP contribution in [0.25, 0.3) is 0 Å². The Morgan fingerprint density at radius 3 is 2.35 bits per heavy atom. The summed E-state index contributed by atoms with van der Waals surface area (Å²) < 4.78 is 32.0. The normalized spacial score (nSPS) is 12.2. The van der Waals surface area contributed by atoms with E-state index in [0.29, 0.717) is 22.9 Å². The Bertz CT molecular complexity index is 1110. The lowest BCUT2D eigenvalue weighted by atomic mass is 10.1. The molecule has 0 saturated carbocycles. The molecule has 0 heterocycles. The third-order valence-electron chi connectivity index (χ3n) is 4.95. The highest BCUT2D eigenvalue weighted by Crippen LogP contribution is 2.30. The van der Waals surface area contributed by atoms with Gasteiger partial charge in [0.2, 0.25) is 21.8 Å². The second-order valence-electron chi connectivity index (χ2n) is 8.16. The molecule has 0 spiro atoms. The maximum atomic E-state index is 13.5. The second kappa shape index (κ2) is 12.1. The van der Waals surface area contributed by atoms with Gasteiger partial charge in [0.15, 0.2) is 0 Å². The van der Waals surface area contributed by atoms with Crippen molar-refractivity contribution < 1.29 is 22.7 Å². The average molecular weight is 510 g/mol. The van der Waals surface area contributed by atoms with Crippen molar-refractivity contribution in [3.8, 4) is 5.75 Å². The number of hydrogen-bond acceptors (Lipinski definition) is 5. The van der Waals surface area contributed by atoms with E-state index in [-0.39, 0.29) is 24.2 Å². The Morgan fingerprint density at radius 1 is 1.09 bits per heavy atom. The van der Waals surface area contributed by atoms with Crippen molar-refractivity contribution >= 4 is 39.1 Å². The SMILES string of the molecule is CCOc1ccccc1N(CC(=O)N(Cc1cccc(Cl)c1)[C@H](C)C(=O)NC(C)C)S(C)(=O)=O. The van der Waals surface area contributed by atoms with Gasteiger partial charge in [-0.15, -0.1) is 0 Å². The summed E-state index contributed by atoms with van der Waals surface area (Å²) in [6.45, 7) is 6.95. The summed E-state index contributed by atoms with van der Waals surface area (Å²) >= 11 is 6.11. The zero-order valence-electron chi connectivity index (χ0n) is 20.1. The molecule has 1 atom stereocenters. The minimum absolute atomic E-state index is 0.0801. The number of nitrogens with one attached hydrogen (secondary N) is 1. The molecule has 0 aliphatic heterocycles. The molecule has 186 valence electrons. The van der Waals surface area contributed by atoms with E-state index >= 15 is 0 Å². The lowest BCUT2D eigenvalue weighted by Crippen LogP contribution is -2.52. The van der Waals surface area contributed by atoms with Crippen molar-refractivity contribution in [2.45, 2.75) is 46.3 Å². The van der Waals surface area contributed by atoms with E-state index in [0.717, 1.165) is 10.6 Å². The number of para-hydroxylation sites is 2. The average Bonchev–Trinajstić information content (AvgIpc) is 2.75. The summed E-state index contributed by atoms with van der Waals surface area (Å²) in [5.74, 6) is -0.538. The molecule has 0 fully saturated rings. The number of ether oxygens (including phenoxy) is 1. The lowest BCUT2D eigenvalue weighted by molar-refractivity contribution is -0.139. The van der Waals surface area contributed by atoms with Crippen LogP contribution in [0, 0.1) is 0 Å². The van der Waals surface area contributed by atoms with E-state index in [9.17, 15) is 18.0 Å². The maximum Gasteiger partial charge on any atom is 0.244 e. The second-order valence-corrected chi connectivity index (χ2v) is 10.5. The summed E-state index contributed by atoms with van der Waals surface area (Å²) in [5, 5.41) is 3.30. The fraction of sp³-hybridized carbons (Fsp3) is 0.417. The quantitative estimate of drug-likeness (QED) is 0.500. The van der Waals surface area contributed by atoms with E-state index in [2.05, 4.69) is 5.32 Å². The first kappa shape index (κ1) is 27.5. The molecule has 10 heteroatoms. The van der Waals surface area contributed by atoms with Gasteiger partial charge in [0.1, 0.15) is 18.3 Å². The van der Waals surface area contributed by atoms with Crippen LogP contribution in [0.2, 0.25) is 5.02 Å². The summed E-state index contributed by atoms with van der Waals surface area (Å²) in [5.41, 5.74) is 0.966. The summed E-state index contributed by atoms with van der Waals surface area (Å²) in [4.78, 5) is 27.6. The van der Waals surface area contributed by atoms with Crippen LogP contribution < -0.4 is 14.4 Å². The van der Waals surface area contributed by atoms with E-state index in [1.807, 2.05) is 13.8 Å². The first-order chi connectivity index (χ1) is 15.9. The third-order valence-corrected chi connectivity index (χ3v) is 6.31. The molecule has 0 radical (unpaired) electrons. The number of carbonyl (C=O) groups is 2. The van der Waals surface area contributed by atoms with Gasteiger partial charge < -0.3 is 15.0 Å². The van der Waals surface area contributed by atoms with Gasteiger partial charge in [-0.1, -0.05) is 35.9 Å². The van der Waals surface area contributed by atoms with Gasteiger partial charge in [-0.05, 0) is 57.5 Å². The predicted octanol–water partition coefficient (Wildman–Crippen LogP) is 3.45. The molecule has 0 bridgehead atoms. The van der Waals surface area contributed by atoms with Crippen molar-refractivity contribution in [1.29, 1.82) is 0 Å². The van der Waals surface area contributed by atoms with E-state index in [1.54, 1.807) is 62.4 Å². The van der Waals surface area contributed by atoms with Gasteiger partial charge in [-0.3, -0.25) is 13.9 Å². The van der Waals surface area contributed by atoms with Gasteiger partial charge in [0.05, 0.1) is 18.6 Å². The summed E-state index contributed by atoms with van der Waals surface area (Å²) in [7, 11) is -3.85. The smallest absolute Gasteiger partial charge is 0.244 e. The first-order valence-electron chi connectivity index (χ1n) is 11.0. The Morgan fingerprint density at radius 2 is 1.76 bits per heavy atom. The van der Waals surface area contributed by atoms with Crippen molar-refractivity contribution in [2.75, 3.05) is 23.7 Å². The van der Waals surface area contributed by atoms with Crippen LogP contribution in [-0.2, 0) is 26.2 Å². The molecule has 34 heavy (non-hydrogen) atoms. The number of nitrogens with zero attached hydrogens (tertiary/aromatic N) is 2. The Balaban J connectivity index is 2.44. The minimum atomic E-state index is -3.85. The van der Waals surface area contributed by atoms with Crippen LogP contribution in [0.1, 0.15) is 33.3 Å². The minimum Gasteiger partial charge on any atom is -0.492 e. The number of amides is 2. The van der Waals surface area contributed by atoms with Crippen molar-refractivity contribution in [3.63, 3.8) is 0 Å². The predicted molar refractivity (Wildman–Crippen MR) is 135 cm³/mol. The van der Waals surface area contributed by atoms with Gasteiger partial charge in [-0.2, -0.15) is 0 Å². The molecular weight excluding hydrogens is 478 g/mol. The monoisotopic (exact) mass is 509 g/mol. The molecule has 0 aromatic heterocycles. The molecule has 0 aliphatic rings. The molecule has 0 unspecified atom stereocenters. The molecule has 2 amide bonds. The number of benzene rings is 2. The molecule has 0 aliphatic carbocycles. The topological polar surface area (TPSA) is 96.0 Å². The third kappa shape index (κ3) is 7.63. The van der Waals surface area contributed by atoms with Crippen LogP contribution >= 0.6 is 11.6 Å². The fourth-order valence-corrected chi connectivity index (χ4v) is 4.42. The van der Waals surface area contributed by atoms with Crippen LogP contribution in [0.15, 0.2) is 48.5 Å². The summed E-state index contributed by atoms with van der Waals surface area (Å²) in [6, 6.07) is 12.6. The van der Waals surface area contributed by atoms with E-state index in [4.69, 9.17) is 16.3 Å². The summed E-state index contributed by atoms with van der Waals surface area (Å²) in [6.07, 6.45) is 1.03. The fourth-order valence-electron chi connectivity index (χ4n) is 3.36. The molecule has 2 aromatic rings. The largest absolute Gasteiger partial charge is 0.492 e. The van der Waals surface area contributed by atoms with Crippen molar-refractivity contribution in [1.82, 2.24) is 10.2 Å². The number of sulfonamides is 1. The molecule has 2 aromatic carbocycles. The van der Waals surface area contributed by atoms with E-state index in [1.165, 1.54) is 4.90 Å². The number of carbonyl (C=O) groups excluding carboxylic acids is 2. The van der Waals surface area contributed by atoms with E-state index < -0.39 is 28.5 Å². The highest BCUT2D eigenvalue weighted by Gasteiger charge is 2.31.